The first kappa shape index (κ1) is 22.0. The van der Waals surface area contributed by atoms with Crippen molar-refractivity contribution in [2.24, 2.45) is 7.05 Å². The van der Waals surface area contributed by atoms with Gasteiger partial charge in [0.05, 0.1) is 6.61 Å². The van der Waals surface area contributed by atoms with E-state index < -0.39 is 17.0 Å². The summed E-state index contributed by atoms with van der Waals surface area (Å²) in [5.41, 5.74) is 1.90. The van der Waals surface area contributed by atoms with Crippen LogP contribution in [-0.4, -0.2) is 17.1 Å². The van der Waals surface area contributed by atoms with E-state index >= 15 is 0 Å². The van der Waals surface area contributed by atoms with Gasteiger partial charge >= 0.3 is 12.1 Å². The maximum atomic E-state index is 13.6. The number of nitrogens with zero attached hydrogens (tertiary/aromatic N) is 1. The molecule has 0 saturated heterocycles. The Morgan fingerprint density at radius 3 is 2.50 bits per heavy atom. The average molecular weight is 459 g/mol. The van der Waals surface area contributed by atoms with Crippen LogP contribution in [0.25, 0.3) is 22.0 Å². The third-order valence-electron chi connectivity index (χ3n) is 5.00. The Bertz CT molecular complexity index is 1260. The lowest BCUT2D eigenvalue weighted by atomic mass is 10.1. The molecule has 4 rings (SSSR count). The van der Waals surface area contributed by atoms with Crippen molar-refractivity contribution in [3.63, 3.8) is 0 Å². The van der Waals surface area contributed by atoms with Crippen molar-refractivity contribution in [1.29, 1.82) is 0 Å². The Kier molecular flexibility index (Phi) is 5.97. The number of carbonyl (C=O) groups is 1. The molecule has 0 amide bonds. The molecule has 0 radical (unpaired) electrons. The van der Waals surface area contributed by atoms with Crippen LogP contribution >= 0.6 is 11.3 Å². The standard InChI is InChI=1S/C24H20F3NO3S/c1-3-30-23(29)21-12-16-11-17(9-10-20(16)28(21)2)31-14-18-13-19(15-7-5-4-6-8-15)22(32-18)24(25,26)27/h4-13H,3,14H2,1-2H3. The zero-order valence-electron chi connectivity index (χ0n) is 17.4. The number of rotatable bonds is 6. The van der Waals surface area contributed by atoms with Gasteiger partial charge in [0.1, 0.15) is 22.9 Å². The molecule has 0 aliphatic rings. The maximum Gasteiger partial charge on any atom is 0.426 e. The molecule has 8 heteroatoms. The third-order valence-corrected chi connectivity index (χ3v) is 6.16. The molecule has 0 bridgehead atoms. The normalized spacial score (nSPS) is 11.7. The van der Waals surface area contributed by atoms with Crippen molar-refractivity contribution < 1.29 is 27.4 Å². The number of ether oxygens (including phenoxy) is 2. The van der Waals surface area contributed by atoms with Crippen LogP contribution in [0.4, 0.5) is 13.2 Å². The van der Waals surface area contributed by atoms with Gasteiger partial charge in [-0.25, -0.2) is 4.79 Å². The quantitative estimate of drug-likeness (QED) is 0.302. The number of halogens is 3. The molecule has 2 aromatic carbocycles. The molecular weight excluding hydrogens is 439 g/mol. The van der Waals surface area contributed by atoms with Crippen LogP contribution < -0.4 is 4.74 Å². The number of benzene rings is 2. The van der Waals surface area contributed by atoms with E-state index in [0.29, 0.717) is 33.2 Å². The van der Waals surface area contributed by atoms with Gasteiger partial charge in [0, 0.05) is 28.4 Å². The van der Waals surface area contributed by atoms with E-state index in [0.717, 1.165) is 10.9 Å². The van der Waals surface area contributed by atoms with Gasteiger partial charge in [-0.15, -0.1) is 11.3 Å². The predicted octanol–water partition coefficient (Wildman–Crippen LogP) is 6.68. The zero-order valence-corrected chi connectivity index (χ0v) is 18.2. The molecule has 0 N–H and O–H groups in total. The minimum atomic E-state index is -4.44. The molecule has 0 fully saturated rings. The van der Waals surface area contributed by atoms with E-state index in [9.17, 15) is 18.0 Å². The molecule has 166 valence electrons. The minimum absolute atomic E-state index is 0.00362. The van der Waals surface area contributed by atoms with Gasteiger partial charge in [-0.1, -0.05) is 30.3 Å². The summed E-state index contributed by atoms with van der Waals surface area (Å²) in [5, 5.41) is 0.778. The lowest BCUT2D eigenvalue weighted by molar-refractivity contribution is -0.133. The zero-order chi connectivity index (χ0) is 22.9. The van der Waals surface area contributed by atoms with Gasteiger partial charge in [-0.2, -0.15) is 13.2 Å². The molecule has 0 saturated carbocycles. The molecule has 32 heavy (non-hydrogen) atoms. The van der Waals surface area contributed by atoms with E-state index in [-0.39, 0.29) is 18.8 Å². The first-order valence-electron chi connectivity index (χ1n) is 9.92. The fraction of sp³-hybridized carbons (Fsp3) is 0.208. The lowest BCUT2D eigenvalue weighted by Crippen LogP contribution is -2.09. The van der Waals surface area contributed by atoms with Gasteiger partial charge in [0.25, 0.3) is 0 Å². The average Bonchev–Trinajstić information content (AvgIpc) is 3.35. The number of fused-ring (bicyclic) bond motifs is 1. The number of hydrogen-bond acceptors (Lipinski definition) is 4. The lowest BCUT2D eigenvalue weighted by Gasteiger charge is -2.07. The van der Waals surface area contributed by atoms with E-state index in [4.69, 9.17) is 9.47 Å². The number of carbonyl (C=O) groups excluding carboxylic acids is 1. The molecule has 4 nitrogen and oxygen atoms in total. The summed E-state index contributed by atoms with van der Waals surface area (Å²) < 4.78 is 53.3. The smallest absolute Gasteiger partial charge is 0.426 e. The van der Waals surface area contributed by atoms with Gasteiger partial charge < -0.3 is 14.0 Å². The van der Waals surface area contributed by atoms with Crippen molar-refractivity contribution in [3.05, 3.63) is 76.1 Å². The van der Waals surface area contributed by atoms with E-state index in [2.05, 4.69) is 0 Å². The maximum absolute atomic E-state index is 13.6. The van der Waals surface area contributed by atoms with E-state index in [1.54, 1.807) is 73.1 Å². The van der Waals surface area contributed by atoms with Crippen molar-refractivity contribution >= 4 is 28.2 Å². The number of esters is 1. The van der Waals surface area contributed by atoms with Gasteiger partial charge in [-0.3, -0.25) is 0 Å². The Morgan fingerprint density at radius 2 is 1.81 bits per heavy atom. The Balaban J connectivity index is 1.58. The molecule has 0 aliphatic heterocycles. The Hall–Kier alpha value is -3.26. The van der Waals surface area contributed by atoms with Gasteiger partial charge in [0.2, 0.25) is 0 Å². The van der Waals surface area contributed by atoms with Crippen molar-refractivity contribution in [3.8, 4) is 16.9 Å². The fourth-order valence-electron chi connectivity index (χ4n) is 3.53. The second kappa shape index (κ2) is 8.70. The number of aryl methyl sites for hydroxylation is 1. The van der Waals surface area contributed by atoms with Crippen LogP contribution in [0.1, 0.15) is 27.2 Å². The van der Waals surface area contributed by atoms with Crippen molar-refractivity contribution in [2.45, 2.75) is 19.7 Å². The highest BCUT2D eigenvalue weighted by molar-refractivity contribution is 7.12. The molecule has 0 aliphatic carbocycles. The molecule has 2 aromatic heterocycles. The molecule has 4 aromatic rings. The van der Waals surface area contributed by atoms with Crippen molar-refractivity contribution in [1.82, 2.24) is 4.57 Å². The highest BCUT2D eigenvalue weighted by atomic mass is 32.1. The minimum Gasteiger partial charge on any atom is -0.488 e. The molecular formula is C24H20F3NO3S. The number of hydrogen-bond donors (Lipinski definition) is 0. The number of aromatic nitrogens is 1. The second-order valence-corrected chi connectivity index (χ2v) is 8.27. The summed E-state index contributed by atoms with van der Waals surface area (Å²) in [6, 6.07) is 17.0. The molecule has 0 atom stereocenters. The van der Waals surface area contributed by atoms with Crippen LogP contribution in [-0.2, 0) is 24.6 Å². The molecule has 0 spiro atoms. The Morgan fingerprint density at radius 1 is 1.06 bits per heavy atom. The number of thiophene rings is 1. The fourth-order valence-corrected chi connectivity index (χ4v) is 4.49. The summed E-state index contributed by atoms with van der Waals surface area (Å²) in [4.78, 5) is 11.9. The monoisotopic (exact) mass is 459 g/mol. The van der Waals surface area contributed by atoms with Crippen LogP contribution in [0.3, 0.4) is 0 Å². The third kappa shape index (κ3) is 4.36. The summed E-state index contributed by atoms with van der Waals surface area (Å²) >= 11 is 0.685. The van der Waals surface area contributed by atoms with Crippen LogP contribution in [0.5, 0.6) is 5.75 Å². The predicted molar refractivity (Wildman–Crippen MR) is 118 cm³/mol. The number of alkyl halides is 3. The highest BCUT2D eigenvalue weighted by Crippen LogP contribution is 2.43. The summed E-state index contributed by atoms with van der Waals surface area (Å²) in [6.07, 6.45) is -4.44. The summed E-state index contributed by atoms with van der Waals surface area (Å²) in [7, 11) is 1.77. The summed E-state index contributed by atoms with van der Waals surface area (Å²) in [6.45, 7) is 2.02. The van der Waals surface area contributed by atoms with Gasteiger partial charge in [-0.05, 0) is 42.8 Å². The van der Waals surface area contributed by atoms with Crippen LogP contribution in [0, 0.1) is 0 Å². The van der Waals surface area contributed by atoms with Gasteiger partial charge in [0.15, 0.2) is 0 Å². The SMILES string of the molecule is CCOC(=O)c1cc2cc(OCc3cc(-c4ccccc4)c(C(F)(F)F)s3)ccc2n1C. The first-order valence-corrected chi connectivity index (χ1v) is 10.7. The van der Waals surface area contributed by atoms with E-state index in [1.165, 1.54) is 6.07 Å². The van der Waals surface area contributed by atoms with Crippen LogP contribution in [0.2, 0.25) is 0 Å². The first-order chi connectivity index (χ1) is 15.3. The molecule has 0 unspecified atom stereocenters. The summed E-state index contributed by atoms with van der Waals surface area (Å²) in [5.74, 6) is 0.0853. The largest absolute Gasteiger partial charge is 0.488 e. The van der Waals surface area contributed by atoms with Crippen LogP contribution in [0.15, 0.2) is 60.7 Å². The second-order valence-electron chi connectivity index (χ2n) is 7.14. The Labute approximate surface area is 186 Å². The molecule has 2 heterocycles. The highest BCUT2D eigenvalue weighted by Gasteiger charge is 2.36. The topological polar surface area (TPSA) is 40.5 Å². The van der Waals surface area contributed by atoms with Crippen molar-refractivity contribution in [2.75, 3.05) is 6.61 Å². The van der Waals surface area contributed by atoms with E-state index in [1.807, 2.05) is 0 Å².